The molecule has 0 aliphatic carbocycles. The molecule has 0 fully saturated rings. The van der Waals surface area contributed by atoms with E-state index in [0.29, 0.717) is 11.5 Å². The van der Waals surface area contributed by atoms with E-state index in [1.54, 1.807) is 12.4 Å². The molecule has 6 heteroatoms. The number of aromatic nitrogens is 2. The summed E-state index contributed by atoms with van der Waals surface area (Å²) >= 11 is 0. The molecule has 0 amide bonds. The fourth-order valence-corrected chi connectivity index (χ4v) is 1.65. The van der Waals surface area contributed by atoms with Crippen LogP contribution in [0.5, 0.6) is 0 Å². The van der Waals surface area contributed by atoms with Crippen LogP contribution in [0.1, 0.15) is 18.9 Å². The third-order valence-electron chi connectivity index (χ3n) is 2.67. The summed E-state index contributed by atoms with van der Waals surface area (Å²) in [5, 5.41) is 8.57. The number of likely N-dealkylation sites (N-methyl/N-ethyl adjacent to an activating group) is 1. The van der Waals surface area contributed by atoms with Crippen molar-refractivity contribution in [3.05, 3.63) is 24.0 Å². The molecule has 1 heterocycles. The molecular weight excluding hydrogens is 256 g/mol. The SMILES string of the molecule is CCCN(CCN(C)C)c1ncc(/C=C/C(=O)O)cn1. The molecule has 20 heavy (non-hydrogen) atoms. The molecule has 1 aromatic heterocycles. The topological polar surface area (TPSA) is 69.6 Å². The van der Waals surface area contributed by atoms with Crippen molar-refractivity contribution in [3.63, 3.8) is 0 Å². The van der Waals surface area contributed by atoms with Crippen molar-refractivity contribution < 1.29 is 9.90 Å². The van der Waals surface area contributed by atoms with Crippen LogP contribution in [0, 0.1) is 0 Å². The van der Waals surface area contributed by atoms with Crippen molar-refractivity contribution >= 4 is 18.0 Å². The minimum atomic E-state index is -0.979. The van der Waals surface area contributed by atoms with E-state index in [1.165, 1.54) is 6.08 Å². The lowest BCUT2D eigenvalue weighted by atomic mass is 10.3. The average Bonchev–Trinajstić information content (AvgIpc) is 2.41. The first-order valence-electron chi connectivity index (χ1n) is 6.65. The Balaban J connectivity index is 2.74. The molecular formula is C14H22N4O2. The lowest BCUT2D eigenvalue weighted by Gasteiger charge is -2.23. The zero-order valence-electron chi connectivity index (χ0n) is 12.3. The Kier molecular flexibility index (Phi) is 6.66. The number of carboxylic acids is 1. The Hall–Kier alpha value is -1.95. The van der Waals surface area contributed by atoms with Crippen molar-refractivity contribution in [2.45, 2.75) is 13.3 Å². The third-order valence-corrected chi connectivity index (χ3v) is 2.67. The summed E-state index contributed by atoms with van der Waals surface area (Å²) in [6.07, 6.45) is 6.86. The van der Waals surface area contributed by atoms with Crippen molar-refractivity contribution in [2.24, 2.45) is 0 Å². The highest BCUT2D eigenvalue weighted by Gasteiger charge is 2.08. The fraction of sp³-hybridized carbons (Fsp3) is 0.500. The van der Waals surface area contributed by atoms with Crippen molar-refractivity contribution in [1.29, 1.82) is 0 Å². The Morgan fingerprint density at radius 2 is 1.90 bits per heavy atom. The van der Waals surface area contributed by atoms with E-state index in [-0.39, 0.29) is 0 Å². The summed E-state index contributed by atoms with van der Waals surface area (Å²) in [6.45, 7) is 4.82. The Morgan fingerprint density at radius 3 is 2.40 bits per heavy atom. The lowest BCUT2D eigenvalue weighted by Crippen LogP contribution is -2.33. The van der Waals surface area contributed by atoms with Crippen LogP contribution in [-0.2, 0) is 4.79 Å². The van der Waals surface area contributed by atoms with Gasteiger partial charge in [-0.3, -0.25) is 0 Å². The molecule has 0 bridgehead atoms. The van der Waals surface area contributed by atoms with Gasteiger partial charge >= 0.3 is 5.97 Å². The summed E-state index contributed by atoms with van der Waals surface area (Å²) in [6, 6.07) is 0. The third kappa shape index (κ3) is 5.79. The maximum absolute atomic E-state index is 10.4. The van der Waals surface area contributed by atoms with Crippen molar-refractivity contribution in [3.8, 4) is 0 Å². The molecule has 0 aromatic carbocycles. The Bertz CT molecular complexity index is 443. The number of hydrogen-bond donors (Lipinski definition) is 1. The highest BCUT2D eigenvalue weighted by Crippen LogP contribution is 2.08. The van der Waals surface area contributed by atoms with Gasteiger partial charge in [0.1, 0.15) is 0 Å². The molecule has 1 N–H and O–H groups in total. The number of carbonyl (C=O) groups is 1. The predicted molar refractivity (Wildman–Crippen MR) is 79.8 cm³/mol. The molecule has 0 aliphatic rings. The first kappa shape index (κ1) is 16.1. The number of rotatable bonds is 8. The highest BCUT2D eigenvalue weighted by atomic mass is 16.4. The first-order chi connectivity index (χ1) is 9.52. The van der Waals surface area contributed by atoms with Crippen LogP contribution in [0.25, 0.3) is 6.08 Å². The Morgan fingerprint density at radius 1 is 1.25 bits per heavy atom. The smallest absolute Gasteiger partial charge is 0.328 e. The van der Waals surface area contributed by atoms with Crippen molar-refractivity contribution in [1.82, 2.24) is 14.9 Å². The second kappa shape index (κ2) is 8.27. The van der Waals surface area contributed by atoms with Crippen molar-refractivity contribution in [2.75, 3.05) is 38.6 Å². The van der Waals surface area contributed by atoms with Crippen LogP contribution in [0.4, 0.5) is 5.95 Å². The molecule has 0 unspecified atom stereocenters. The fourth-order valence-electron chi connectivity index (χ4n) is 1.65. The molecule has 1 rings (SSSR count). The number of carboxylic acid groups (broad SMARTS) is 1. The van der Waals surface area contributed by atoms with Crippen LogP contribution in [0.15, 0.2) is 18.5 Å². The molecule has 0 saturated heterocycles. The molecule has 0 atom stereocenters. The summed E-state index contributed by atoms with van der Waals surface area (Å²) in [5.74, 6) is -0.297. The Labute approximate surface area is 119 Å². The van der Waals surface area contributed by atoms with E-state index < -0.39 is 5.97 Å². The van der Waals surface area contributed by atoms with E-state index >= 15 is 0 Å². The normalized spacial score (nSPS) is 11.2. The van der Waals surface area contributed by atoms with Gasteiger partial charge in [-0.05, 0) is 26.6 Å². The number of aliphatic carboxylic acids is 1. The number of hydrogen-bond acceptors (Lipinski definition) is 5. The van der Waals surface area contributed by atoms with Gasteiger partial charge in [-0.15, -0.1) is 0 Å². The van der Waals surface area contributed by atoms with Gasteiger partial charge in [0, 0.05) is 43.7 Å². The lowest BCUT2D eigenvalue weighted by molar-refractivity contribution is -0.131. The first-order valence-corrected chi connectivity index (χ1v) is 6.65. The molecule has 0 radical (unpaired) electrons. The monoisotopic (exact) mass is 278 g/mol. The largest absolute Gasteiger partial charge is 0.478 e. The molecule has 0 aliphatic heterocycles. The maximum Gasteiger partial charge on any atom is 0.328 e. The van der Waals surface area contributed by atoms with E-state index in [0.717, 1.165) is 32.1 Å². The maximum atomic E-state index is 10.4. The van der Waals surface area contributed by atoms with Gasteiger partial charge < -0.3 is 14.9 Å². The molecule has 0 spiro atoms. The summed E-state index contributed by atoms with van der Waals surface area (Å²) in [4.78, 5) is 23.3. The van der Waals surface area contributed by atoms with E-state index in [1.807, 2.05) is 14.1 Å². The van der Waals surface area contributed by atoms with Gasteiger partial charge in [0.05, 0.1) is 0 Å². The van der Waals surface area contributed by atoms with Crippen LogP contribution >= 0.6 is 0 Å². The molecule has 6 nitrogen and oxygen atoms in total. The van der Waals surface area contributed by atoms with Gasteiger partial charge in [-0.2, -0.15) is 0 Å². The second-order valence-corrected chi connectivity index (χ2v) is 4.78. The van der Waals surface area contributed by atoms with E-state index in [2.05, 4.69) is 26.7 Å². The van der Waals surface area contributed by atoms with Gasteiger partial charge in [0.25, 0.3) is 0 Å². The average molecular weight is 278 g/mol. The highest BCUT2D eigenvalue weighted by molar-refractivity contribution is 5.85. The quantitative estimate of drug-likeness (QED) is 0.724. The molecule has 110 valence electrons. The zero-order valence-corrected chi connectivity index (χ0v) is 12.3. The van der Waals surface area contributed by atoms with Crippen LogP contribution in [0.2, 0.25) is 0 Å². The van der Waals surface area contributed by atoms with Gasteiger partial charge in [0.2, 0.25) is 5.95 Å². The van der Waals surface area contributed by atoms with E-state index in [9.17, 15) is 4.79 Å². The standard InChI is InChI=1S/C14H22N4O2/c1-4-7-18(9-8-17(2)3)14-15-10-12(11-16-14)5-6-13(19)20/h5-6,10-11H,4,7-9H2,1-3H3,(H,19,20)/b6-5+. The van der Waals surface area contributed by atoms with Crippen LogP contribution < -0.4 is 4.90 Å². The van der Waals surface area contributed by atoms with Gasteiger partial charge in [-0.25, -0.2) is 14.8 Å². The minimum absolute atomic E-state index is 0.681. The predicted octanol–water partition coefficient (Wildman–Crippen LogP) is 1.35. The van der Waals surface area contributed by atoms with Crippen LogP contribution in [0.3, 0.4) is 0 Å². The summed E-state index contributed by atoms with van der Waals surface area (Å²) in [5.41, 5.74) is 0.681. The van der Waals surface area contributed by atoms with Crippen LogP contribution in [-0.4, -0.2) is 59.7 Å². The van der Waals surface area contributed by atoms with E-state index in [4.69, 9.17) is 5.11 Å². The second-order valence-electron chi connectivity index (χ2n) is 4.78. The molecule has 1 aromatic rings. The van der Waals surface area contributed by atoms with Gasteiger partial charge in [-0.1, -0.05) is 6.92 Å². The number of anilines is 1. The van der Waals surface area contributed by atoms with Gasteiger partial charge in [0.15, 0.2) is 0 Å². The zero-order chi connectivity index (χ0) is 15.0. The number of nitrogens with zero attached hydrogens (tertiary/aromatic N) is 4. The summed E-state index contributed by atoms with van der Waals surface area (Å²) < 4.78 is 0. The summed E-state index contributed by atoms with van der Waals surface area (Å²) in [7, 11) is 4.07. The molecule has 0 saturated carbocycles. The minimum Gasteiger partial charge on any atom is -0.478 e.